The molecule has 0 bridgehead atoms. The summed E-state index contributed by atoms with van der Waals surface area (Å²) in [7, 11) is 0. The fourth-order valence-electron chi connectivity index (χ4n) is 6.08. The van der Waals surface area contributed by atoms with Crippen molar-refractivity contribution in [1.82, 2.24) is 4.90 Å². The molecule has 0 radical (unpaired) electrons. The van der Waals surface area contributed by atoms with Gasteiger partial charge in [0.1, 0.15) is 0 Å². The molecule has 1 atom stereocenters. The highest BCUT2D eigenvalue weighted by molar-refractivity contribution is 8.01. The van der Waals surface area contributed by atoms with E-state index in [9.17, 15) is 0 Å². The van der Waals surface area contributed by atoms with E-state index in [1.54, 1.807) is 11.1 Å². The molecule has 2 aliphatic heterocycles. The van der Waals surface area contributed by atoms with Crippen LogP contribution < -0.4 is 4.31 Å². The molecule has 0 amide bonds. The smallest absolute Gasteiger partial charge is 0.0563 e. The van der Waals surface area contributed by atoms with E-state index in [2.05, 4.69) is 69.9 Å². The third kappa shape index (κ3) is 3.87. The van der Waals surface area contributed by atoms with E-state index in [0.717, 1.165) is 18.4 Å². The number of piperidine rings is 1. The van der Waals surface area contributed by atoms with E-state index < -0.39 is 0 Å². The van der Waals surface area contributed by atoms with E-state index in [1.165, 1.54) is 79.5 Å². The van der Waals surface area contributed by atoms with E-state index in [1.807, 2.05) is 11.9 Å². The van der Waals surface area contributed by atoms with Gasteiger partial charge >= 0.3 is 0 Å². The summed E-state index contributed by atoms with van der Waals surface area (Å²) in [4.78, 5) is 4.13. The van der Waals surface area contributed by atoms with Gasteiger partial charge in [-0.15, -0.1) is 0 Å². The molecular formula is C28H32N2S. The molecule has 3 aliphatic rings. The molecule has 3 aromatic carbocycles. The van der Waals surface area contributed by atoms with E-state index >= 15 is 0 Å². The molecule has 1 unspecified atom stereocenters. The van der Waals surface area contributed by atoms with Crippen molar-refractivity contribution in [3.63, 3.8) is 0 Å². The second-order valence-corrected chi connectivity index (χ2v) is 10.7. The molecule has 1 fully saturated rings. The van der Waals surface area contributed by atoms with Crippen LogP contribution in [0.5, 0.6) is 0 Å². The lowest BCUT2D eigenvalue weighted by atomic mass is 9.84. The Morgan fingerprint density at radius 3 is 2.58 bits per heavy atom. The number of hydrogen-bond acceptors (Lipinski definition) is 3. The Balaban J connectivity index is 0.978. The van der Waals surface area contributed by atoms with Crippen LogP contribution in [0.15, 0.2) is 65.6 Å². The zero-order chi connectivity index (χ0) is 20.6. The minimum absolute atomic E-state index is 0.823. The zero-order valence-corrected chi connectivity index (χ0v) is 19.1. The van der Waals surface area contributed by atoms with Gasteiger partial charge in [0, 0.05) is 16.8 Å². The average Bonchev–Trinajstić information content (AvgIpc) is 3.38. The Kier molecular flexibility index (Phi) is 5.41. The Labute approximate surface area is 190 Å². The first-order valence-electron chi connectivity index (χ1n) is 12.1. The van der Waals surface area contributed by atoms with Crippen LogP contribution in [0, 0.1) is 5.92 Å². The van der Waals surface area contributed by atoms with Crippen LogP contribution in [0.1, 0.15) is 49.1 Å². The minimum atomic E-state index is 0.823. The SMILES string of the molecule is c1ccc2c(c1)CCC2CC1CCN(CCCN2Sc3cccc4cccc2c34)CC1. The number of anilines is 1. The Hall–Kier alpha value is -1.97. The van der Waals surface area contributed by atoms with Gasteiger partial charge in [0.05, 0.1) is 5.69 Å². The lowest BCUT2D eigenvalue weighted by Gasteiger charge is -2.33. The Morgan fingerprint density at radius 1 is 0.839 bits per heavy atom. The Bertz CT molecular complexity index is 1060. The molecule has 2 nitrogen and oxygen atoms in total. The van der Waals surface area contributed by atoms with Crippen molar-refractivity contribution in [1.29, 1.82) is 0 Å². The molecule has 3 heteroatoms. The summed E-state index contributed by atoms with van der Waals surface area (Å²) in [6, 6.07) is 22.6. The van der Waals surface area contributed by atoms with Crippen molar-refractivity contribution in [2.45, 2.75) is 49.3 Å². The molecule has 160 valence electrons. The number of fused-ring (bicyclic) bond motifs is 1. The highest BCUT2D eigenvalue weighted by atomic mass is 32.2. The molecular weight excluding hydrogens is 396 g/mol. The van der Waals surface area contributed by atoms with Crippen LogP contribution in [0.3, 0.4) is 0 Å². The van der Waals surface area contributed by atoms with Crippen molar-refractivity contribution in [2.24, 2.45) is 5.92 Å². The minimum Gasteiger partial charge on any atom is -0.311 e. The summed E-state index contributed by atoms with van der Waals surface area (Å²) in [5.74, 6) is 1.75. The summed E-state index contributed by atoms with van der Waals surface area (Å²) in [5.41, 5.74) is 4.68. The lowest BCUT2D eigenvalue weighted by molar-refractivity contribution is 0.173. The maximum Gasteiger partial charge on any atom is 0.0563 e. The van der Waals surface area contributed by atoms with Crippen LogP contribution in [-0.2, 0) is 6.42 Å². The normalized spacial score (nSPS) is 21.2. The molecule has 31 heavy (non-hydrogen) atoms. The van der Waals surface area contributed by atoms with Crippen molar-refractivity contribution in [2.75, 3.05) is 30.5 Å². The van der Waals surface area contributed by atoms with E-state index in [-0.39, 0.29) is 0 Å². The Morgan fingerprint density at radius 2 is 1.68 bits per heavy atom. The second kappa shape index (κ2) is 8.52. The first-order valence-corrected chi connectivity index (χ1v) is 12.9. The highest BCUT2D eigenvalue weighted by Gasteiger charge is 2.27. The standard InChI is InChI=1S/C28H32N2S/c1-2-9-25-22(6-1)12-13-24(25)20-21-14-18-29(19-15-21)16-5-17-30-26-10-3-7-23-8-4-11-27(31-30)28(23)26/h1-4,6-11,21,24H,5,12-20H2. The van der Waals surface area contributed by atoms with Gasteiger partial charge < -0.3 is 9.21 Å². The molecule has 1 aliphatic carbocycles. The van der Waals surface area contributed by atoms with E-state index in [4.69, 9.17) is 0 Å². The molecule has 0 aromatic heterocycles. The number of rotatable bonds is 6. The monoisotopic (exact) mass is 428 g/mol. The van der Waals surface area contributed by atoms with Crippen LogP contribution in [0.2, 0.25) is 0 Å². The topological polar surface area (TPSA) is 6.48 Å². The number of aryl methyl sites for hydroxylation is 1. The summed E-state index contributed by atoms with van der Waals surface area (Å²) < 4.78 is 2.52. The average molecular weight is 429 g/mol. The van der Waals surface area contributed by atoms with Crippen LogP contribution >= 0.6 is 11.9 Å². The first kappa shape index (κ1) is 19.7. The second-order valence-electron chi connectivity index (χ2n) is 9.63. The van der Waals surface area contributed by atoms with Crippen LogP contribution in [0.25, 0.3) is 10.8 Å². The van der Waals surface area contributed by atoms with Gasteiger partial charge in [-0.05, 0) is 111 Å². The molecule has 0 spiro atoms. The fourth-order valence-corrected chi connectivity index (χ4v) is 7.24. The van der Waals surface area contributed by atoms with Gasteiger partial charge in [0.25, 0.3) is 0 Å². The number of likely N-dealkylation sites (tertiary alicyclic amines) is 1. The summed E-state index contributed by atoms with van der Waals surface area (Å²) >= 11 is 1.93. The van der Waals surface area contributed by atoms with Gasteiger partial charge in [-0.2, -0.15) is 0 Å². The van der Waals surface area contributed by atoms with Gasteiger partial charge in [-0.25, -0.2) is 0 Å². The van der Waals surface area contributed by atoms with E-state index in [0.29, 0.717) is 0 Å². The van der Waals surface area contributed by atoms with Gasteiger partial charge in [-0.1, -0.05) is 48.5 Å². The molecule has 1 saturated heterocycles. The van der Waals surface area contributed by atoms with Gasteiger partial charge in [0.2, 0.25) is 0 Å². The van der Waals surface area contributed by atoms with Crippen molar-refractivity contribution >= 4 is 28.4 Å². The number of hydrogen-bond donors (Lipinski definition) is 0. The molecule has 2 heterocycles. The van der Waals surface area contributed by atoms with Crippen LogP contribution in [0.4, 0.5) is 5.69 Å². The quantitative estimate of drug-likeness (QED) is 0.395. The summed E-state index contributed by atoms with van der Waals surface area (Å²) in [5, 5.41) is 2.82. The van der Waals surface area contributed by atoms with Gasteiger partial charge in [0.15, 0.2) is 0 Å². The summed E-state index contributed by atoms with van der Waals surface area (Å²) in [6.07, 6.45) is 8.12. The van der Waals surface area contributed by atoms with Crippen molar-refractivity contribution in [3.05, 3.63) is 71.8 Å². The zero-order valence-electron chi connectivity index (χ0n) is 18.3. The molecule has 0 saturated carbocycles. The molecule has 0 N–H and O–H groups in total. The largest absolute Gasteiger partial charge is 0.311 e. The first-order chi connectivity index (χ1) is 15.3. The van der Waals surface area contributed by atoms with Crippen molar-refractivity contribution < 1.29 is 0 Å². The maximum absolute atomic E-state index is 2.72. The van der Waals surface area contributed by atoms with Crippen molar-refractivity contribution in [3.8, 4) is 0 Å². The van der Waals surface area contributed by atoms with Crippen LogP contribution in [-0.4, -0.2) is 31.1 Å². The fraction of sp³-hybridized carbons (Fsp3) is 0.429. The predicted octanol–water partition coefficient (Wildman–Crippen LogP) is 6.89. The third-order valence-corrected chi connectivity index (χ3v) is 8.88. The molecule has 3 aromatic rings. The predicted molar refractivity (Wildman–Crippen MR) is 133 cm³/mol. The maximum atomic E-state index is 2.72. The third-order valence-electron chi connectivity index (χ3n) is 7.74. The summed E-state index contributed by atoms with van der Waals surface area (Å²) in [6.45, 7) is 4.96. The molecule has 6 rings (SSSR count). The lowest BCUT2D eigenvalue weighted by Crippen LogP contribution is -2.35. The number of nitrogens with zero attached hydrogens (tertiary/aromatic N) is 2. The highest BCUT2D eigenvalue weighted by Crippen LogP contribution is 2.46. The van der Waals surface area contributed by atoms with Gasteiger partial charge in [-0.3, -0.25) is 0 Å². The number of benzene rings is 3.